The molecule has 0 fully saturated rings. The van der Waals surface area contributed by atoms with Crippen molar-refractivity contribution in [2.45, 2.75) is 26.3 Å². The van der Waals surface area contributed by atoms with Gasteiger partial charge in [-0.2, -0.15) is 5.10 Å². The summed E-state index contributed by atoms with van der Waals surface area (Å²) in [6.45, 7) is 4.92. The third kappa shape index (κ3) is 3.29. The van der Waals surface area contributed by atoms with Crippen molar-refractivity contribution in [3.05, 3.63) is 48.3 Å². The number of para-hydroxylation sites is 1. The topological polar surface area (TPSA) is 46.9 Å². The van der Waals surface area contributed by atoms with E-state index in [1.54, 1.807) is 16.9 Å². The summed E-state index contributed by atoms with van der Waals surface area (Å²) in [5.74, 6) is 0.106. The van der Waals surface area contributed by atoms with Crippen molar-refractivity contribution in [3.63, 3.8) is 0 Å². The number of hydrogen-bond donors (Lipinski definition) is 1. The fraction of sp³-hybridized carbons (Fsp3) is 0.333. The number of carbonyl (C=O) groups excluding carboxylic acids is 1. The van der Waals surface area contributed by atoms with Crippen LogP contribution in [0.2, 0.25) is 0 Å². The molecule has 1 N–H and O–H groups in total. The SMILES string of the molecule is CCNC(C)CC(=O)c1ccnn1-c1ccccc1. The van der Waals surface area contributed by atoms with E-state index in [1.165, 1.54) is 0 Å². The lowest BCUT2D eigenvalue weighted by Crippen LogP contribution is -2.28. The summed E-state index contributed by atoms with van der Waals surface area (Å²) in [5, 5.41) is 7.48. The molecule has 1 unspecified atom stereocenters. The average Bonchev–Trinajstić information content (AvgIpc) is 2.89. The quantitative estimate of drug-likeness (QED) is 0.809. The van der Waals surface area contributed by atoms with Gasteiger partial charge in [-0.05, 0) is 31.7 Å². The van der Waals surface area contributed by atoms with Gasteiger partial charge < -0.3 is 5.32 Å². The largest absolute Gasteiger partial charge is 0.314 e. The molecule has 1 aromatic carbocycles. The van der Waals surface area contributed by atoms with Gasteiger partial charge in [0.25, 0.3) is 0 Å². The summed E-state index contributed by atoms with van der Waals surface area (Å²) in [5.41, 5.74) is 1.54. The zero-order valence-corrected chi connectivity index (χ0v) is 11.3. The second kappa shape index (κ2) is 6.29. The van der Waals surface area contributed by atoms with Crippen LogP contribution >= 0.6 is 0 Å². The van der Waals surface area contributed by atoms with Gasteiger partial charge in [0.05, 0.1) is 11.9 Å². The summed E-state index contributed by atoms with van der Waals surface area (Å²) < 4.78 is 1.70. The number of carbonyl (C=O) groups is 1. The number of hydrogen-bond acceptors (Lipinski definition) is 3. The Labute approximate surface area is 113 Å². The van der Waals surface area contributed by atoms with Crippen LogP contribution in [-0.4, -0.2) is 28.2 Å². The van der Waals surface area contributed by atoms with Crippen LogP contribution in [0.5, 0.6) is 0 Å². The van der Waals surface area contributed by atoms with Gasteiger partial charge in [0.2, 0.25) is 0 Å². The molecule has 0 aliphatic carbocycles. The van der Waals surface area contributed by atoms with Crippen molar-refractivity contribution in [1.82, 2.24) is 15.1 Å². The van der Waals surface area contributed by atoms with E-state index >= 15 is 0 Å². The van der Waals surface area contributed by atoms with Crippen LogP contribution in [0.15, 0.2) is 42.6 Å². The molecule has 0 aliphatic rings. The molecule has 2 rings (SSSR count). The lowest BCUT2D eigenvalue weighted by molar-refractivity contribution is 0.0964. The number of rotatable bonds is 6. The molecule has 2 aromatic rings. The van der Waals surface area contributed by atoms with Gasteiger partial charge in [-0.1, -0.05) is 25.1 Å². The third-order valence-corrected chi connectivity index (χ3v) is 2.97. The molecular weight excluding hydrogens is 238 g/mol. The van der Waals surface area contributed by atoms with Gasteiger partial charge in [-0.3, -0.25) is 4.79 Å². The zero-order chi connectivity index (χ0) is 13.7. The highest BCUT2D eigenvalue weighted by Gasteiger charge is 2.15. The summed E-state index contributed by atoms with van der Waals surface area (Å²) in [6.07, 6.45) is 2.14. The van der Waals surface area contributed by atoms with E-state index in [1.807, 2.05) is 44.2 Å². The Kier molecular flexibility index (Phi) is 4.47. The normalized spacial score (nSPS) is 12.3. The summed E-state index contributed by atoms with van der Waals surface area (Å²) in [6, 6.07) is 11.7. The molecule has 1 atom stereocenters. The van der Waals surface area contributed by atoms with Crippen molar-refractivity contribution in [2.24, 2.45) is 0 Å². The molecule has 19 heavy (non-hydrogen) atoms. The number of aromatic nitrogens is 2. The fourth-order valence-electron chi connectivity index (χ4n) is 2.09. The highest BCUT2D eigenvalue weighted by Crippen LogP contribution is 2.12. The molecule has 0 amide bonds. The highest BCUT2D eigenvalue weighted by molar-refractivity contribution is 5.95. The van der Waals surface area contributed by atoms with E-state index in [9.17, 15) is 4.79 Å². The second-order valence-corrected chi connectivity index (χ2v) is 4.55. The maximum Gasteiger partial charge on any atom is 0.182 e. The second-order valence-electron chi connectivity index (χ2n) is 4.55. The summed E-state index contributed by atoms with van der Waals surface area (Å²) in [4.78, 5) is 12.3. The van der Waals surface area contributed by atoms with E-state index in [0.29, 0.717) is 12.1 Å². The molecule has 0 saturated carbocycles. The number of benzene rings is 1. The minimum atomic E-state index is 0.106. The predicted octanol–water partition coefficient (Wildman–Crippen LogP) is 2.44. The van der Waals surface area contributed by atoms with Crippen LogP contribution in [0.4, 0.5) is 0 Å². The standard InChI is InChI=1S/C15H19N3O/c1-3-16-12(2)11-15(19)14-9-10-17-18(14)13-7-5-4-6-8-13/h4-10,12,16H,3,11H2,1-2H3. The van der Waals surface area contributed by atoms with Crippen molar-refractivity contribution in [1.29, 1.82) is 0 Å². The Morgan fingerprint density at radius 3 is 2.74 bits per heavy atom. The van der Waals surface area contributed by atoms with Crippen molar-refractivity contribution in [2.75, 3.05) is 6.54 Å². The Morgan fingerprint density at radius 1 is 1.32 bits per heavy atom. The highest BCUT2D eigenvalue weighted by atomic mass is 16.1. The number of Topliss-reactive ketones (excluding diaryl/α,β-unsaturated/α-hetero) is 1. The van der Waals surface area contributed by atoms with E-state index in [-0.39, 0.29) is 11.8 Å². The molecule has 4 heteroatoms. The maximum absolute atomic E-state index is 12.3. The Balaban J connectivity index is 2.18. The predicted molar refractivity (Wildman–Crippen MR) is 75.7 cm³/mol. The maximum atomic E-state index is 12.3. The first-order chi connectivity index (χ1) is 9.22. The molecule has 4 nitrogen and oxygen atoms in total. The third-order valence-electron chi connectivity index (χ3n) is 2.97. The molecule has 0 bridgehead atoms. The first kappa shape index (κ1) is 13.5. The van der Waals surface area contributed by atoms with E-state index in [0.717, 1.165) is 12.2 Å². The molecular formula is C15H19N3O. The van der Waals surface area contributed by atoms with Crippen LogP contribution in [0, 0.1) is 0 Å². The minimum absolute atomic E-state index is 0.106. The van der Waals surface area contributed by atoms with Gasteiger partial charge in [-0.15, -0.1) is 0 Å². The average molecular weight is 257 g/mol. The smallest absolute Gasteiger partial charge is 0.182 e. The van der Waals surface area contributed by atoms with E-state index in [2.05, 4.69) is 10.4 Å². The van der Waals surface area contributed by atoms with Gasteiger partial charge >= 0.3 is 0 Å². The van der Waals surface area contributed by atoms with Crippen LogP contribution in [0.1, 0.15) is 30.8 Å². The lowest BCUT2D eigenvalue weighted by atomic mass is 10.1. The van der Waals surface area contributed by atoms with Crippen LogP contribution in [0.3, 0.4) is 0 Å². The first-order valence-corrected chi connectivity index (χ1v) is 6.58. The van der Waals surface area contributed by atoms with Crippen molar-refractivity contribution < 1.29 is 4.79 Å². The molecule has 0 spiro atoms. The van der Waals surface area contributed by atoms with Crippen LogP contribution in [-0.2, 0) is 0 Å². The number of nitrogens with one attached hydrogen (secondary N) is 1. The number of ketones is 1. The monoisotopic (exact) mass is 257 g/mol. The Hall–Kier alpha value is -1.94. The molecule has 100 valence electrons. The summed E-state index contributed by atoms with van der Waals surface area (Å²) >= 11 is 0. The molecule has 1 aromatic heterocycles. The molecule has 0 aliphatic heterocycles. The van der Waals surface area contributed by atoms with Crippen LogP contribution in [0.25, 0.3) is 5.69 Å². The fourth-order valence-corrected chi connectivity index (χ4v) is 2.09. The van der Waals surface area contributed by atoms with Gasteiger partial charge in [0.1, 0.15) is 5.69 Å². The van der Waals surface area contributed by atoms with Crippen molar-refractivity contribution in [3.8, 4) is 5.69 Å². The number of nitrogens with zero attached hydrogens (tertiary/aromatic N) is 2. The Bertz CT molecular complexity index is 533. The van der Waals surface area contributed by atoms with Gasteiger partial charge in [0, 0.05) is 12.5 Å². The summed E-state index contributed by atoms with van der Waals surface area (Å²) in [7, 11) is 0. The Morgan fingerprint density at radius 2 is 2.05 bits per heavy atom. The minimum Gasteiger partial charge on any atom is -0.314 e. The molecule has 1 heterocycles. The van der Waals surface area contributed by atoms with E-state index < -0.39 is 0 Å². The van der Waals surface area contributed by atoms with Gasteiger partial charge in [0.15, 0.2) is 5.78 Å². The van der Waals surface area contributed by atoms with Crippen molar-refractivity contribution >= 4 is 5.78 Å². The zero-order valence-electron chi connectivity index (χ0n) is 11.3. The van der Waals surface area contributed by atoms with E-state index in [4.69, 9.17) is 0 Å². The molecule has 0 saturated heterocycles. The van der Waals surface area contributed by atoms with Crippen LogP contribution < -0.4 is 5.32 Å². The molecule has 0 radical (unpaired) electrons. The lowest BCUT2D eigenvalue weighted by Gasteiger charge is -2.12. The van der Waals surface area contributed by atoms with Gasteiger partial charge in [-0.25, -0.2) is 4.68 Å². The first-order valence-electron chi connectivity index (χ1n) is 6.58.